The molecule has 2 fully saturated rings. The van der Waals surface area contributed by atoms with Crippen LogP contribution >= 0.6 is 11.3 Å². The van der Waals surface area contributed by atoms with Gasteiger partial charge in [0.1, 0.15) is 17.3 Å². The number of aryl methyl sites for hydroxylation is 1. The molecule has 0 saturated carbocycles. The van der Waals surface area contributed by atoms with Crippen molar-refractivity contribution in [3.05, 3.63) is 123 Å². The first-order valence-electron chi connectivity index (χ1n) is 18.5. The van der Waals surface area contributed by atoms with E-state index >= 15 is 0 Å². The van der Waals surface area contributed by atoms with Gasteiger partial charge in [-0.05, 0) is 88.3 Å². The Bertz CT molecular complexity index is 1900. The van der Waals surface area contributed by atoms with E-state index in [0.717, 1.165) is 34.7 Å². The van der Waals surface area contributed by atoms with Crippen LogP contribution in [-0.2, 0) is 29.2 Å². The standard InChI is InChI=1S/C42H49FN4O6S/c1-27-26-54-39(44-27)35-16-11-17-46(35)40(50)32-19-30(23-43)18-31(21-32)38(49)45-34(20-28-12-7-5-8-13-28)37(48)36-22-33(52-25-29-14-9-6-10-15-29)24-47(36)41(51)53-42(2,3)4/h5-10,12-15,18-19,21,26,33-37,48H,11,16-17,20,22-25H2,1-4H3,(H,45,49)/t33-,34+,35?,36-,37+/m1/s1. The molecular weight excluding hydrogens is 708 g/mol. The Kier molecular flexibility index (Phi) is 12.5. The predicted octanol–water partition coefficient (Wildman–Crippen LogP) is 7.20. The first-order valence-corrected chi connectivity index (χ1v) is 19.4. The number of hydrogen-bond acceptors (Lipinski definition) is 8. The molecule has 3 amide bonds. The second kappa shape index (κ2) is 17.2. The van der Waals surface area contributed by atoms with Gasteiger partial charge in [-0.1, -0.05) is 60.7 Å². The maximum absolute atomic E-state index is 14.3. The predicted molar refractivity (Wildman–Crippen MR) is 205 cm³/mol. The van der Waals surface area contributed by atoms with Gasteiger partial charge in [0, 0.05) is 28.7 Å². The van der Waals surface area contributed by atoms with Crippen LogP contribution in [0.4, 0.5) is 9.18 Å². The van der Waals surface area contributed by atoms with Gasteiger partial charge in [-0.25, -0.2) is 14.2 Å². The summed E-state index contributed by atoms with van der Waals surface area (Å²) in [4.78, 5) is 49.5. The van der Waals surface area contributed by atoms with E-state index in [2.05, 4.69) is 10.3 Å². The number of hydrogen-bond donors (Lipinski definition) is 2. The number of aliphatic hydroxyl groups excluding tert-OH is 1. The van der Waals surface area contributed by atoms with Crippen molar-refractivity contribution >= 4 is 29.2 Å². The van der Waals surface area contributed by atoms with Crippen LogP contribution in [0.25, 0.3) is 0 Å². The van der Waals surface area contributed by atoms with Gasteiger partial charge in [0.15, 0.2) is 0 Å². The molecule has 3 heterocycles. The number of carbonyl (C=O) groups is 3. The van der Waals surface area contributed by atoms with Crippen molar-refractivity contribution in [3.63, 3.8) is 0 Å². The zero-order valence-electron chi connectivity index (χ0n) is 31.2. The molecule has 0 bridgehead atoms. The number of benzene rings is 3. The first kappa shape index (κ1) is 39.1. The average Bonchev–Trinajstić information content (AvgIpc) is 3.93. The van der Waals surface area contributed by atoms with Crippen LogP contribution in [0.15, 0.2) is 84.2 Å². The number of nitrogens with one attached hydrogen (secondary N) is 1. The van der Waals surface area contributed by atoms with Crippen LogP contribution in [0, 0.1) is 6.92 Å². The summed E-state index contributed by atoms with van der Waals surface area (Å²) in [6.45, 7) is 7.43. The highest BCUT2D eigenvalue weighted by Crippen LogP contribution is 2.35. The fourth-order valence-electron chi connectivity index (χ4n) is 7.22. The van der Waals surface area contributed by atoms with Crippen molar-refractivity contribution in [2.45, 2.75) is 103 Å². The maximum atomic E-state index is 14.3. The largest absolute Gasteiger partial charge is 0.444 e. The lowest BCUT2D eigenvalue weighted by molar-refractivity contribution is -0.00248. The number of halogens is 1. The van der Waals surface area contributed by atoms with Crippen molar-refractivity contribution in [2.24, 2.45) is 0 Å². The molecule has 1 aromatic heterocycles. The summed E-state index contributed by atoms with van der Waals surface area (Å²) in [5.74, 6) is -0.873. The van der Waals surface area contributed by atoms with Gasteiger partial charge in [-0.15, -0.1) is 11.3 Å². The van der Waals surface area contributed by atoms with E-state index in [1.165, 1.54) is 34.4 Å². The normalized spacial score (nSPS) is 19.8. The monoisotopic (exact) mass is 756 g/mol. The number of thiazole rings is 1. The van der Waals surface area contributed by atoms with Gasteiger partial charge in [-0.3, -0.25) is 14.5 Å². The molecule has 0 radical (unpaired) electrons. The molecule has 0 spiro atoms. The third-order valence-corrected chi connectivity index (χ3v) is 10.8. The summed E-state index contributed by atoms with van der Waals surface area (Å²) >= 11 is 1.51. The molecule has 286 valence electrons. The van der Waals surface area contributed by atoms with Gasteiger partial charge in [-0.2, -0.15) is 0 Å². The van der Waals surface area contributed by atoms with Crippen molar-refractivity contribution in [1.82, 2.24) is 20.1 Å². The second-order valence-corrected chi connectivity index (χ2v) is 16.0. The highest BCUT2D eigenvalue weighted by Gasteiger charge is 2.44. The third-order valence-electron chi connectivity index (χ3n) is 9.77. The smallest absolute Gasteiger partial charge is 0.410 e. The quantitative estimate of drug-likeness (QED) is 0.157. The van der Waals surface area contributed by atoms with E-state index in [1.807, 2.05) is 73.0 Å². The van der Waals surface area contributed by atoms with Crippen LogP contribution in [0.1, 0.15) is 94.2 Å². The topological polar surface area (TPSA) is 121 Å². The van der Waals surface area contributed by atoms with E-state index in [4.69, 9.17) is 9.47 Å². The Morgan fingerprint density at radius 3 is 2.31 bits per heavy atom. The zero-order valence-corrected chi connectivity index (χ0v) is 32.1. The molecule has 1 unspecified atom stereocenters. The second-order valence-electron chi connectivity index (χ2n) is 15.2. The van der Waals surface area contributed by atoms with E-state index < -0.39 is 48.6 Å². The van der Waals surface area contributed by atoms with E-state index in [0.29, 0.717) is 19.6 Å². The summed E-state index contributed by atoms with van der Waals surface area (Å²) in [7, 11) is 0. The van der Waals surface area contributed by atoms with Crippen molar-refractivity contribution in [2.75, 3.05) is 13.1 Å². The Morgan fingerprint density at radius 2 is 1.67 bits per heavy atom. The number of carbonyl (C=O) groups excluding carboxylic acids is 3. The van der Waals surface area contributed by atoms with Gasteiger partial charge in [0.2, 0.25) is 0 Å². The average molecular weight is 757 g/mol. The number of amides is 3. The SMILES string of the molecule is Cc1csc(C2CCCN2C(=O)c2cc(CF)cc(C(=O)N[C@@H](Cc3ccccc3)[C@H](O)[C@H]3C[C@@H](OCc4ccccc4)CN3C(=O)OC(C)(C)C)c2)n1. The third kappa shape index (κ3) is 9.71. The van der Waals surface area contributed by atoms with Crippen LogP contribution in [0.2, 0.25) is 0 Å². The Balaban J connectivity index is 1.26. The van der Waals surface area contributed by atoms with Crippen LogP contribution < -0.4 is 5.32 Å². The number of aromatic nitrogens is 1. The maximum Gasteiger partial charge on any atom is 0.410 e. The molecule has 54 heavy (non-hydrogen) atoms. The van der Waals surface area contributed by atoms with Gasteiger partial charge < -0.3 is 24.8 Å². The molecule has 0 aliphatic carbocycles. The minimum absolute atomic E-state index is 0.0964. The highest BCUT2D eigenvalue weighted by molar-refractivity contribution is 7.09. The first-order chi connectivity index (χ1) is 25.9. The summed E-state index contributed by atoms with van der Waals surface area (Å²) in [6.07, 6.45) is -0.113. The van der Waals surface area contributed by atoms with Gasteiger partial charge in [0.25, 0.3) is 11.8 Å². The number of nitrogens with zero attached hydrogens (tertiary/aromatic N) is 3. The molecule has 6 rings (SSSR count). The summed E-state index contributed by atoms with van der Waals surface area (Å²) in [5, 5.41) is 18.0. The molecule has 12 heteroatoms. The van der Waals surface area contributed by atoms with Crippen molar-refractivity contribution in [1.29, 1.82) is 0 Å². The molecule has 10 nitrogen and oxygen atoms in total. The summed E-state index contributed by atoms with van der Waals surface area (Å²) in [5.41, 5.74) is 2.44. The lowest BCUT2D eigenvalue weighted by atomic mass is 9.94. The minimum Gasteiger partial charge on any atom is -0.444 e. The van der Waals surface area contributed by atoms with Crippen LogP contribution in [0.3, 0.4) is 0 Å². The van der Waals surface area contributed by atoms with Gasteiger partial charge in [0.05, 0.1) is 43.5 Å². The number of ether oxygens (including phenoxy) is 2. The minimum atomic E-state index is -1.25. The van der Waals surface area contributed by atoms with Crippen LogP contribution in [-0.4, -0.2) is 80.8 Å². The Labute approximate surface area is 320 Å². The highest BCUT2D eigenvalue weighted by atomic mass is 32.1. The number of aliphatic hydroxyl groups is 1. The van der Waals surface area contributed by atoms with Crippen molar-refractivity contribution in [3.8, 4) is 0 Å². The van der Waals surface area contributed by atoms with E-state index in [9.17, 15) is 23.9 Å². The van der Waals surface area contributed by atoms with Crippen LogP contribution in [0.5, 0.6) is 0 Å². The number of alkyl halides is 1. The van der Waals surface area contributed by atoms with Crippen molar-refractivity contribution < 1.29 is 33.4 Å². The molecular formula is C42H49FN4O6S. The van der Waals surface area contributed by atoms with Gasteiger partial charge >= 0.3 is 6.09 Å². The fraction of sp³-hybridized carbons (Fsp3) is 0.429. The molecule has 2 saturated heterocycles. The lowest BCUT2D eigenvalue weighted by Gasteiger charge is -2.34. The molecule has 2 N–H and O–H groups in total. The number of likely N-dealkylation sites (tertiary alicyclic amines) is 2. The Morgan fingerprint density at radius 1 is 0.981 bits per heavy atom. The fourth-order valence-corrected chi connectivity index (χ4v) is 8.16. The van der Waals surface area contributed by atoms with E-state index in [-0.39, 0.29) is 41.6 Å². The molecule has 5 atom stereocenters. The summed E-state index contributed by atoms with van der Waals surface area (Å²) < 4.78 is 26.3. The molecule has 2 aliphatic heterocycles. The lowest BCUT2D eigenvalue weighted by Crippen LogP contribution is -2.54. The van der Waals surface area contributed by atoms with E-state index in [1.54, 1.807) is 25.7 Å². The molecule has 2 aliphatic rings. The molecule has 3 aromatic carbocycles. The Hall–Kier alpha value is -4.65. The zero-order chi connectivity index (χ0) is 38.4. The molecule has 4 aromatic rings. The number of rotatable bonds is 12. The summed E-state index contributed by atoms with van der Waals surface area (Å²) in [6, 6.07) is 21.7.